The lowest BCUT2D eigenvalue weighted by molar-refractivity contribution is -0.201. The number of ether oxygens (including phenoxy) is 1. The SMILES string of the molecule is O=C(OCc1cc(F)c(F)cc1F)C(F)(F)F. The minimum Gasteiger partial charge on any atom is -0.454 e. The van der Waals surface area contributed by atoms with E-state index in [0.29, 0.717) is 6.07 Å². The van der Waals surface area contributed by atoms with Crippen molar-refractivity contribution < 1.29 is 35.9 Å². The van der Waals surface area contributed by atoms with Gasteiger partial charge in [-0.25, -0.2) is 18.0 Å². The maximum Gasteiger partial charge on any atom is 0.490 e. The van der Waals surface area contributed by atoms with Crippen molar-refractivity contribution >= 4 is 5.97 Å². The molecule has 0 N–H and O–H groups in total. The van der Waals surface area contributed by atoms with Gasteiger partial charge in [0.25, 0.3) is 0 Å². The number of halogens is 6. The van der Waals surface area contributed by atoms with E-state index in [4.69, 9.17) is 0 Å². The molecule has 0 aliphatic heterocycles. The third-order valence-corrected chi connectivity index (χ3v) is 1.68. The first kappa shape index (κ1) is 13.3. The van der Waals surface area contributed by atoms with E-state index < -0.39 is 41.8 Å². The Labute approximate surface area is 90.8 Å². The Kier molecular flexibility index (Phi) is 3.64. The molecule has 0 atom stereocenters. The number of alkyl halides is 3. The summed E-state index contributed by atoms with van der Waals surface area (Å²) >= 11 is 0. The molecule has 0 aromatic heterocycles. The summed E-state index contributed by atoms with van der Waals surface area (Å²) in [7, 11) is 0. The molecule has 0 heterocycles. The van der Waals surface area contributed by atoms with Crippen LogP contribution in [0.5, 0.6) is 0 Å². The van der Waals surface area contributed by atoms with E-state index in [1.807, 2.05) is 0 Å². The quantitative estimate of drug-likeness (QED) is 0.463. The van der Waals surface area contributed by atoms with Gasteiger partial charge in [-0.2, -0.15) is 13.2 Å². The highest BCUT2D eigenvalue weighted by molar-refractivity contribution is 5.75. The third-order valence-electron chi connectivity index (χ3n) is 1.68. The number of rotatable bonds is 2. The summed E-state index contributed by atoms with van der Waals surface area (Å²) in [6.45, 7) is -1.14. The lowest BCUT2D eigenvalue weighted by Crippen LogP contribution is -2.25. The minimum atomic E-state index is -5.23. The molecule has 0 fully saturated rings. The zero-order valence-corrected chi connectivity index (χ0v) is 7.95. The number of carbonyl (C=O) groups is 1. The molecule has 0 aliphatic rings. The van der Waals surface area contributed by atoms with Crippen LogP contribution >= 0.6 is 0 Å². The second-order valence-electron chi connectivity index (χ2n) is 2.93. The van der Waals surface area contributed by atoms with E-state index in [2.05, 4.69) is 4.74 Å². The van der Waals surface area contributed by atoms with Crippen LogP contribution in [0.25, 0.3) is 0 Å². The minimum absolute atomic E-state index is 0.145. The van der Waals surface area contributed by atoms with Gasteiger partial charge in [0.05, 0.1) is 0 Å². The van der Waals surface area contributed by atoms with Crippen molar-refractivity contribution in [1.82, 2.24) is 0 Å². The molecule has 0 radical (unpaired) electrons. The van der Waals surface area contributed by atoms with Gasteiger partial charge >= 0.3 is 12.1 Å². The summed E-state index contributed by atoms with van der Waals surface area (Å²) in [4.78, 5) is 10.3. The van der Waals surface area contributed by atoms with E-state index in [1.165, 1.54) is 0 Å². The highest BCUT2D eigenvalue weighted by atomic mass is 19.4. The second-order valence-corrected chi connectivity index (χ2v) is 2.93. The largest absolute Gasteiger partial charge is 0.490 e. The van der Waals surface area contributed by atoms with Crippen molar-refractivity contribution in [3.8, 4) is 0 Å². The molecule has 17 heavy (non-hydrogen) atoms. The predicted octanol–water partition coefficient (Wildman–Crippen LogP) is 2.71. The maximum atomic E-state index is 12.9. The molecule has 8 heteroatoms. The third kappa shape index (κ3) is 3.36. The monoisotopic (exact) mass is 258 g/mol. The van der Waals surface area contributed by atoms with Crippen molar-refractivity contribution in [2.75, 3.05) is 0 Å². The average molecular weight is 258 g/mol. The molecule has 1 rings (SSSR count). The summed E-state index contributed by atoms with van der Waals surface area (Å²) < 4.78 is 76.7. The number of hydrogen-bond acceptors (Lipinski definition) is 2. The molecular formula is C9H4F6O2. The summed E-state index contributed by atoms with van der Waals surface area (Å²) in [5.74, 6) is -6.79. The summed E-state index contributed by atoms with van der Waals surface area (Å²) in [5.41, 5.74) is -0.693. The summed E-state index contributed by atoms with van der Waals surface area (Å²) in [6, 6.07) is 0.459. The fourth-order valence-electron chi connectivity index (χ4n) is 0.899. The van der Waals surface area contributed by atoms with Gasteiger partial charge in [-0.3, -0.25) is 0 Å². The molecule has 0 aliphatic carbocycles. The first-order chi connectivity index (χ1) is 7.71. The van der Waals surface area contributed by atoms with Crippen molar-refractivity contribution in [2.45, 2.75) is 12.8 Å². The van der Waals surface area contributed by atoms with Gasteiger partial charge in [0, 0.05) is 11.6 Å². The van der Waals surface area contributed by atoms with Crippen LogP contribution in [-0.4, -0.2) is 12.1 Å². The highest BCUT2D eigenvalue weighted by Crippen LogP contribution is 2.19. The number of benzene rings is 1. The molecule has 2 nitrogen and oxygen atoms in total. The van der Waals surface area contributed by atoms with E-state index in [1.54, 1.807) is 0 Å². The number of carbonyl (C=O) groups excluding carboxylic acids is 1. The van der Waals surface area contributed by atoms with Crippen LogP contribution in [0.4, 0.5) is 26.3 Å². The van der Waals surface area contributed by atoms with E-state index in [-0.39, 0.29) is 6.07 Å². The Hall–Kier alpha value is -1.73. The van der Waals surface area contributed by atoms with Crippen LogP contribution in [0.3, 0.4) is 0 Å². The van der Waals surface area contributed by atoms with E-state index in [0.717, 1.165) is 0 Å². The lowest BCUT2D eigenvalue weighted by atomic mass is 10.2. The fraction of sp³-hybridized carbons (Fsp3) is 0.222. The number of hydrogen-bond donors (Lipinski definition) is 0. The number of esters is 1. The molecule has 0 bridgehead atoms. The normalized spacial score (nSPS) is 11.4. The van der Waals surface area contributed by atoms with Crippen molar-refractivity contribution in [3.63, 3.8) is 0 Å². The second kappa shape index (κ2) is 4.64. The predicted molar refractivity (Wildman–Crippen MR) is 42.2 cm³/mol. The van der Waals surface area contributed by atoms with E-state index in [9.17, 15) is 31.1 Å². The van der Waals surface area contributed by atoms with Crippen molar-refractivity contribution in [3.05, 3.63) is 35.1 Å². The van der Waals surface area contributed by atoms with Crippen LogP contribution in [0.2, 0.25) is 0 Å². The first-order valence-corrected chi connectivity index (χ1v) is 4.09. The van der Waals surface area contributed by atoms with Gasteiger partial charge in [-0.15, -0.1) is 0 Å². The zero-order chi connectivity index (χ0) is 13.2. The lowest BCUT2D eigenvalue weighted by Gasteiger charge is -2.08. The Morgan fingerprint density at radius 2 is 1.59 bits per heavy atom. The zero-order valence-electron chi connectivity index (χ0n) is 7.95. The van der Waals surface area contributed by atoms with Crippen molar-refractivity contribution in [2.24, 2.45) is 0 Å². The van der Waals surface area contributed by atoms with Crippen LogP contribution < -0.4 is 0 Å². The molecule has 0 saturated heterocycles. The van der Waals surface area contributed by atoms with E-state index >= 15 is 0 Å². The molecule has 94 valence electrons. The fourth-order valence-corrected chi connectivity index (χ4v) is 0.899. The van der Waals surface area contributed by atoms with Gasteiger partial charge in [0.15, 0.2) is 11.6 Å². The molecular weight excluding hydrogens is 254 g/mol. The summed E-state index contributed by atoms with van der Waals surface area (Å²) in [6.07, 6.45) is -5.23. The molecule has 0 saturated carbocycles. The topological polar surface area (TPSA) is 26.3 Å². The van der Waals surface area contributed by atoms with Crippen LogP contribution in [0.1, 0.15) is 5.56 Å². The summed E-state index contributed by atoms with van der Waals surface area (Å²) in [5, 5.41) is 0. The molecule has 1 aromatic rings. The highest BCUT2D eigenvalue weighted by Gasteiger charge is 2.41. The molecule has 1 aromatic carbocycles. The van der Waals surface area contributed by atoms with Crippen LogP contribution in [-0.2, 0) is 16.1 Å². The van der Waals surface area contributed by atoms with Crippen molar-refractivity contribution in [1.29, 1.82) is 0 Å². The smallest absolute Gasteiger partial charge is 0.454 e. The first-order valence-electron chi connectivity index (χ1n) is 4.09. The Bertz CT molecular complexity index is 440. The van der Waals surface area contributed by atoms with Gasteiger partial charge in [-0.05, 0) is 6.07 Å². The Morgan fingerprint density at radius 1 is 1.06 bits per heavy atom. The Morgan fingerprint density at radius 3 is 2.12 bits per heavy atom. The van der Waals surface area contributed by atoms with Crippen LogP contribution in [0, 0.1) is 17.5 Å². The van der Waals surface area contributed by atoms with Gasteiger partial charge in [0.2, 0.25) is 0 Å². The molecule has 0 spiro atoms. The van der Waals surface area contributed by atoms with Crippen LogP contribution in [0.15, 0.2) is 12.1 Å². The Balaban J connectivity index is 2.77. The van der Waals surface area contributed by atoms with Gasteiger partial charge < -0.3 is 4.74 Å². The molecule has 0 unspecified atom stereocenters. The maximum absolute atomic E-state index is 12.9. The standard InChI is InChI=1S/C9H4F6O2/c10-5-2-7(12)6(11)1-4(5)3-17-8(16)9(13,14)15/h1-2H,3H2. The van der Waals surface area contributed by atoms with Gasteiger partial charge in [0.1, 0.15) is 12.4 Å². The molecule has 0 amide bonds. The van der Waals surface area contributed by atoms with Gasteiger partial charge in [-0.1, -0.05) is 0 Å². The average Bonchev–Trinajstić information content (AvgIpc) is 2.19.